The van der Waals surface area contributed by atoms with E-state index in [1.54, 1.807) is 24.8 Å². The second kappa shape index (κ2) is 8.03. The highest BCUT2D eigenvalue weighted by Crippen LogP contribution is 2.23. The van der Waals surface area contributed by atoms with Crippen LogP contribution in [0.2, 0.25) is 0 Å². The highest BCUT2D eigenvalue weighted by molar-refractivity contribution is 5.63. The first-order valence-corrected chi connectivity index (χ1v) is 10.1. The summed E-state index contributed by atoms with van der Waals surface area (Å²) in [5.41, 5.74) is 8.46. The Balaban J connectivity index is 1.36. The number of aromatic nitrogens is 6. The van der Waals surface area contributed by atoms with E-state index in [4.69, 9.17) is 10.8 Å². The van der Waals surface area contributed by atoms with Gasteiger partial charge in [0.1, 0.15) is 11.6 Å². The molecule has 0 saturated heterocycles. The van der Waals surface area contributed by atoms with Gasteiger partial charge in [-0.05, 0) is 49.9 Å². The van der Waals surface area contributed by atoms with Crippen LogP contribution < -0.4 is 16.4 Å². The van der Waals surface area contributed by atoms with Crippen molar-refractivity contribution in [2.75, 3.05) is 10.6 Å². The van der Waals surface area contributed by atoms with Crippen molar-refractivity contribution >= 4 is 23.2 Å². The van der Waals surface area contributed by atoms with Crippen LogP contribution in [0.5, 0.6) is 0 Å². The number of hydrogen-bond acceptors (Lipinski definition) is 8. The Hall–Kier alpha value is -3.59. The van der Waals surface area contributed by atoms with Crippen LogP contribution in [0.25, 0.3) is 16.9 Å². The van der Waals surface area contributed by atoms with Gasteiger partial charge in [-0.3, -0.25) is 0 Å². The summed E-state index contributed by atoms with van der Waals surface area (Å²) in [5, 5.41) is 11.4. The van der Waals surface area contributed by atoms with Crippen molar-refractivity contribution in [3.63, 3.8) is 0 Å². The molecular weight excluding hydrogens is 378 g/mol. The van der Waals surface area contributed by atoms with Crippen LogP contribution in [0.1, 0.15) is 25.7 Å². The molecular formula is C21H23N9. The van der Waals surface area contributed by atoms with Gasteiger partial charge in [-0.15, -0.1) is 5.10 Å². The molecule has 0 aliphatic heterocycles. The number of anilines is 3. The van der Waals surface area contributed by atoms with Gasteiger partial charge in [0.2, 0.25) is 5.95 Å². The van der Waals surface area contributed by atoms with Gasteiger partial charge in [0.25, 0.3) is 0 Å². The first-order valence-electron chi connectivity index (χ1n) is 10.1. The molecule has 4 heterocycles. The molecule has 4 N–H and O–H groups in total. The first kappa shape index (κ1) is 18.4. The average molecular weight is 401 g/mol. The van der Waals surface area contributed by atoms with Crippen LogP contribution in [0.15, 0.2) is 55.1 Å². The van der Waals surface area contributed by atoms with E-state index in [9.17, 15) is 0 Å². The van der Waals surface area contributed by atoms with Gasteiger partial charge in [0, 0.05) is 36.2 Å². The largest absolute Gasteiger partial charge is 0.366 e. The van der Waals surface area contributed by atoms with E-state index in [2.05, 4.69) is 30.6 Å². The Morgan fingerprint density at radius 1 is 0.867 bits per heavy atom. The Bertz CT molecular complexity index is 1120. The van der Waals surface area contributed by atoms with Crippen molar-refractivity contribution in [3.8, 4) is 11.3 Å². The molecule has 1 fully saturated rings. The third-order valence-electron chi connectivity index (χ3n) is 5.34. The molecule has 4 aromatic heterocycles. The van der Waals surface area contributed by atoms with Crippen LogP contribution in [0, 0.1) is 0 Å². The van der Waals surface area contributed by atoms with Gasteiger partial charge in [0.15, 0.2) is 5.65 Å². The Labute approximate surface area is 173 Å². The Kier molecular flexibility index (Phi) is 4.94. The minimum absolute atomic E-state index is 0.328. The van der Waals surface area contributed by atoms with E-state index in [1.165, 1.54) is 0 Å². The molecule has 0 bridgehead atoms. The molecule has 9 heteroatoms. The molecule has 30 heavy (non-hydrogen) atoms. The van der Waals surface area contributed by atoms with Crippen molar-refractivity contribution < 1.29 is 0 Å². The quantitative estimate of drug-likeness (QED) is 0.467. The number of nitrogens with zero attached hydrogens (tertiary/aromatic N) is 6. The molecule has 1 saturated carbocycles. The minimum Gasteiger partial charge on any atom is -0.366 e. The van der Waals surface area contributed by atoms with Crippen molar-refractivity contribution in [3.05, 3.63) is 55.1 Å². The summed E-state index contributed by atoms with van der Waals surface area (Å²) in [4.78, 5) is 17.5. The van der Waals surface area contributed by atoms with E-state index in [1.807, 2.05) is 34.8 Å². The van der Waals surface area contributed by atoms with E-state index in [-0.39, 0.29) is 0 Å². The molecule has 1 aliphatic carbocycles. The fourth-order valence-corrected chi connectivity index (χ4v) is 3.70. The Morgan fingerprint density at radius 2 is 1.70 bits per heavy atom. The zero-order valence-corrected chi connectivity index (χ0v) is 16.4. The highest BCUT2D eigenvalue weighted by atomic mass is 15.3. The number of fused-ring (bicyclic) bond motifs is 1. The molecule has 0 atom stereocenters. The number of rotatable bonds is 5. The minimum atomic E-state index is 0.328. The third kappa shape index (κ3) is 3.92. The fourth-order valence-electron chi connectivity index (χ4n) is 3.70. The number of hydrogen-bond donors (Lipinski definition) is 3. The predicted molar refractivity (Wildman–Crippen MR) is 115 cm³/mol. The van der Waals surface area contributed by atoms with Crippen molar-refractivity contribution in [2.45, 2.75) is 37.8 Å². The molecule has 0 amide bonds. The SMILES string of the molecule is NC1CCC(Nc2ccc3ncc(-c4cnc(Nc5ccccn5)nc4)n3n2)CC1. The predicted octanol–water partition coefficient (Wildman–Crippen LogP) is 3.01. The Morgan fingerprint density at radius 3 is 2.47 bits per heavy atom. The van der Waals surface area contributed by atoms with E-state index in [0.29, 0.717) is 23.8 Å². The molecule has 1 aliphatic rings. The maximum Gasteiger partial charge on any atom is 0.228 e. The molecule has 0 aromatic carbocycles. The maximum absolute atomic E-state index is 6.01. The number of nitrogens with two attached hydrogens (primary N) is 1. The molecule has 4 aromatic rings. The van der Waals surface area contributed by atoms with E-state index < -0.39 is 0 Å². The van der Waals surface area contributed by atoms with Crippen molar-refractivity contribution in [1.82, 2.24) is 29.5 Å². The number of imidazole rings is 1. The monoisotopic (exact) mass is 401 g/mol. The summed E-state index contributed by atoms with van der Waals surface area (Å²) in [6.45, 7) is 0. The summed E-state index contributed by atoms with van der Waals surface area (Å²) in [6, 6.07) is 10.3. The summed E-state index contributed by atoms with van der Waals surface area (Å²) >= 11 is 0. The normalized spacial score (nSPS) is 19.0. The van der Waals surface area contributed by atoms with E-state index >= 15 is 0 Å². The van der Waals surface area contributed by atoms with Crippen LogP contribution in [-0.4, -0.2) is 41.6 Å². The smallest absolute Gasteiger partial charge is 0.228 e. The zero-order chi connectivity index (χ0) is 20.3. The van der Waals surface area contributed by atoms with Gasteiger partial charge in [-0.1, -0.05) is 6.07 Å². The van der Waals surface area contributed by atoms with Crippen molar-refractivity contribution in [1.29, 1.82) is 0 Å². The highest BCUT2D eigenvalue weighted by Gasteiger charge is 2.19. The van der Waals surface area contributed by atoms with Crippen LogP contribution >= 0.6 is 0 Å². The topological polar surface area (TPSA) is 119 Å². The molecule has 5 rings (SSSR count). The summed E-state index contributed by atoms with van der Waals surface area (Å²) in [7, 11) is 0. The van der Waals surface area contributed by atoms with Gasteiger partial charge in [0.05, 0.1) is 11.9 Å². The first-order chi connectivity index (χ1) is 14.7. The second-order valence-corrected chi connectivity index (χ2v) is 7.52. The lowest BCUT2D eigenvalue weighted by molar-refractivity contribution is 0.410. The lowest BCUT2D eigenvalue weighted by Crippen LogP contribution is -2.33. The number of nitrogens with one attached hydrogen (secondary N) is 2. The average Bonchev–Trinajstić information content (AvgIpc) is 3.20. The van der Waals surface area contributed by atoms with E-state index in [0.717, 1.165) is 48.4 Å². The van der Waals surface area contributed by atoms with Gasteiger partial charge >= 0.3 is 0 Å². The van der Waals surface area contributed by atoms with Crippen LogP contribution in [0.3, 0.4) is 0 Å². The van der Waals surface area contributed by atoms with Gasteiger partial charge in [-0.25, -0.2) is 24.5 Å². The summed E-state index contributed by atoms with van der Waals surface area (Å²) < 4.78 is 1.82. The van der Waals surface area contributed by atoms with Gasteiger partial charge < -0.3 is 16.4 Å². The molecule has 0 unspecified atom stereocenters. The zero-order valence-electron chi connectivity index (χ0n) is 16.4. The van der Waals surface area contributed by atoms with Gasteiger partial charge in [-0.2, -0.15) is 0 Å². The molecule has 152 valence electrons. The summed E-state index contributed by atoms with van der Waals surface area (Å²) in [5.74, 6) is 2.01. The summed E-state index contributed by atoms with van der Waals surface area (Å²) in [6.07, 6.45) is 11.2. The molecule has 0 radical (unpaired) electrons. The van der Waals surface area contributed by atoms with Crippen LogP contribution in [-0.2, 0) is 0 Å². The lowest BCUT2D eigenvalue weighted by atomic mass is 9.92. The lowest BCUT2D eigenvalue weighted by Gasteiger charge is -2.27. The van der Waals surface area contributed by atoms with Crippen LogP contribution in [0.4, 0.5) is 17.6 Å². The molecule has 9 nitrogen and oxygen atoms in total. The third-order valence-corrected chi connectivity index (χ3v) is 5.34. The number of pyridine rings is 1. The molecule has 0 spiro atoms. The second-order valence-electron chi connectivity index (χ2n) is 7.52. The maximum atomic E-state index is 6.01. The fraction of sp³-hybridized carbons (Fsp3) is 0.286. The van der Waals surface area contributed by atoms with Crippen molar-refractivity contribution in [2.24, 2.45) is 5.73 Å². The standard InChI is InChI=1S/C21H23N9/c22-15-4-6-16(7-5-15)27-19-8-9-20-24-13-17(30(20)29-19)14-11-25-21(26-12-14)28-18-3-1-2-10-23-18/h1-3,8-13,15-16H,4-7,22H2,(H,27,29)(H,23,25,26,28).